The van der Waals surface area contributed by atoms with Crippen molar-refractivity contribution in [3.8, 4) is 0 Å². The van der Waals surface area contributed by atoms with Gasteiger partial charge in [-0.2, -0.15) is 0 Å². The van der Waals surface area contributed by atoms with E-state index in [0.717, 1.165) is 0 Å². The Morgan fingerprint density at radius 1 is 1.57 bits per heavy atom. The van der Waals surface area contributed by atoms with E-state index in [-0.39, 0.29) is 0 Å². The molecule has 0 aromatic rings. The number of rotatable bonds is 4. The van der Waals surface area contributed by atoms with Crippen LogP contribution in [0.25, 0.3) is 0 Å². The molecule has 0 atom stereocenters. The van der Waals surface area contributed by atoms with Gasteiger partial charge in [0.15, 0.2) is 0 Å². The average molecular weight is 228 g/mol. The van der Waals surface area contributed by atoms with E-state index in [9.17, 15) is 0 Å². The van der Waals surface area contributed by atoms with Gasteiger partial charge in [0.25, 0.3) is 0 Å². The second kappa shape index (κ2) is 6.95. The molecule has 0 aliphatic rings. The van der Waals surface area contributed by atoms with Gasteiger partial charge < -0.3 is 0 Å². The molecule has 0 spiro atoms. The highest BCUT2D eigenvalue weighted by Gasteiger charge is 1.82. The van der Waals surface area contributed by atoms with Gasteiger partial charge in [-0.3, -0.25) is 0 Å². The summed E-state index contributed by atoms with van der Waals surface area (Å²) in [4.78, 5) is 0. The lowest BCUT2D eigenvalue weighted by Gasteiger charge is -1.88. The fraction of sp³-hybridized carbons (Fsp3) is 1.00. The summed E-state index contributed by atoms with van der Waals surface area (Å²) in [5.41, 5.74) is 0. The summed E-state index contributed by atoms with van der Waals surface area (Å²) in [6.07, 6.45) is 1.47. The van der Waals surface area contributed by atoms with Crippen LogP contribution in [-0.4, -0.2) is 13.9 Å². The first-order valence-corrected chi connectivity index (χ1v) is 6.50. The van der Waals surface area contributed by atoms with Crippen molar-refractivity contribution in [1.29, 1.82) is 0 Å². The zero-order valence-corrected chi connectivity index (χ0v) is 8.49. The highest BCUT2D eigenvalue weighted by Crippen LogP contribution is 1.94. The van der Waals surface area contributed by atoms with Gasteiger partial charge >= 0.3 is 0 Å². The van der Waals surface area contributed by atoms with Crippen LogP contribution >= 0.6 is 22.6 Å². The van der Waals surface area contributed by atoms with Crippen LogP contribution in [0.2, 0.25) is 12.1 Å². The lowest BCUT2D eigenvalue weighted by atomic mass is 10.6. The van der Waals surface area contributed by atoms with Crippen molar-refractivity contribution < 1.29 is 0 Å². The smallest absolute Gasteiger partial charge is 0.0195 e. The summed E-state index contributed by atoms with van der Waals surface area (Å²) in [6.45, 7) is 2.30. The molecule has 0 aromatic heterocycles. The highest BCUT2D eigenvalue weighted by atomic mass is 127. The summed E-state index contributed by atoms with van der Waals surface area (Å²) in [7, 11) is 0.406. The maximum absolute atomic E-state index is 2.45. The van der Waals surface area contributed by atoms with Crippen LogP contribution in [0, 0.1) is 0 Å². The normalized spacial score (nSPS) is 11.1. The molecule has 0 radical (unpaired) electrons. The van der Waals surface area contributed by atoms with Gasteiger partial charge in [0.2, 0.25) is 0 Å². The summed E-state index contributed by atoms with van der Waals surface area (Å²) >= 11 is 2.45. The minimum atomic E-state index is 0.406. The van der Waals surface area contributed by atoms with Crippen molar-refractivity contribution in [3.63, 3.8) is 0 Å². The summed E-state index contributed by atoms with van der Waals surface area (Å²) in [6, 6.07) is 3.07. The highest BCUT2D eigenvalue weighted by molar-refractivity contribution is 14.1. The van der Waals surface area contributed by atoms with E-state index in [1.165, 1.54) is 16.9 Å². The third-order valence-electron chi connectivity index (χ3n) is 0.987. The first-order valence-electron chi connectivity index (χ1n) is 2.97. The van der Waals surface area contributed by atoms with Gasteiger partial charge in [-0.15, -0.1) is 0 Å². The van der Waals surface area contributed by atoms with Crippen LogP contribution < -0.4 is 0 Å². The Morgan fingerprint density at radius 3 is 2.71 bits per heavy atom. The molecule has 0 heterocycles. The maximum atomic E-state index is 2.45. The summed E-state index contributed by atoms with van der Waals surface area (Å²) < 4.78 is 1.37. The third kappa shape index (κ3) is 6.95. The van der Waals surface area contributed by atoms with E-state index in [4.69, 9.17) is 0 Å². The molecule has 0 bridgehead atoms. The van der Waals surface area contributed by atoms with E-state index in [1.807, 2.05) is 0 Å². The number of alkyl halides is 1. The number of halogens is 1. The molecule has 2 heteroatoms. The van der Waals surface area contributed by atoms with E-state index in [1.54, 1.807) is 6.04 Å². The molecule has 0 rings (SSSR count). The Hall–Kier alpha value is 0.947. The molecule has 44 valence electrons. The zero-order valence-electron chi connectivity index (χ0n) is 4.91. The van der Waals surface area contributed by atoms with E-state index in [0.29, 0.717) is 9.52 Å². The van der Waals surface area contributed by atoms with E-state index < -0.39 is 0 Å². The average Bonchev–Trinajstić information content (AvgIpc) is 1.69. The molecule has 0 aliphatic heterocycles. The maximum Gasteiger partial charge on any atom is 0.0195 e. The van der Waals surface area contributed by atoms with Crippen molar-refractivity contribution in [2.24, 2.45) is 0 Å². The van der Waals surface area contributed by atoms with Crippen molar-refractivity contribution in [2.45, 2.75) is 25.4 Å². The Labute approximate surface area is 62.0 Å². The Bertz CT molecular complexity index is 27.3. The number of hydrogen-bond acceptors (Lipinski definition) is 0. The van der Waals surface area contributed by atoms with Crippen molar-refractivity contribution in [3.05, 3.63) is 0 Å². The molecule has 0 aliphatic carbocycles. The van der Waals surface area contributed by atoms with Gasteiger partial charge in [0.05, 0.1) is 0 Å². The monoisotopic (exact) mass is 228 g/mol. The van der Waals surface area contributed by atoms with Crippen LogP contribution in [-0.2, 0) is 0 Å². The molecule has 0 saturated carbocycles. The lowest BCUT2D eigenvalue weighted by Crippen LogP contribution is -1.84. The second-order valence-corrected chi connectivity index (χ2v) is 5.24. The Balaban J connectivity index is 2.45. The topological polar surface area (TPSA) is 0 Å². The van der Waals surface area contributed by atoms with E-state index >= 15 is 0 Å². The van der Waals surface area contributed by atoms with Crippen LogP contribution in [0.1, 0.15) is 13.3 Å². The molecule has 0 amide bonds. The molecule has 0 aromatic carbocycles. The molecular weight excluding hydrogens is 215 g/mol. The van der Waals surface area contributed by atoms with Gasteiger partial charge in [0.1, 0.15) is 0 Å². The minimum Gasteiger partial charge on any atom is -0.0864 e. The fourth-order valence-corrected chi connectivity index (χ4v) is 3.18. The first-order chi connectivity index (χ1) is 3.41. The first kappa shape index (κ1) is 7.95. The quantitative estimate of drug-likeness (QED) is 0.298. The van der Waals surface area contributed by atoms with Crippen LogP contribution in [0.4, 0.5) is 0 Å². The predicted octanol–water partition coefficient (Wildman–Crippen LogP) is 1.84. The number of hydrogen-bond donors (Lipinski definition) is 0. The van der Waals surface area contributed by atoms with Gasteiger partial charge in [0, 0.05) is 9.52 Å². The van der Waals surface area contributed by atoms with E-state index in [2.05, 4.69) is 29.5 Å². The van der Waals surface area contributed by atoms with Crippen molar-refractivity contribution in [2.75, 3.05) is 4.43 Å². The largest absolute Gasteiger partial charge is 0.0864 e. The Morgan fingerprint density at radius 2 is 2.29 bits per heavy atom. The van der Waals surface area contributed by atoms with Crippen molar-refractivity contribution in [1.82, 2.24) is 0 Å². The van der Waals surface area contributed by atoms with Crippen LogP contribution in [0.3, 0.4) is 0 Å². The molecule has 0 fully saturated rings. The molecule has 0 N–H and O–H groups in total. The SMILES string of the molecule is CC[SiH2]CCCI. The molecule has 0 nitrogen and oxygen atoms in total. The van der Waals surface area contributed by atoms with Crippen LogP contribution in [0.15, 0.2) is 0 Å². The molecular formula is C5H13ISi. The summed E-state index contributed by atoms with van der Waals surface area (Å²) in [5, 5.41) is 0. The van der Waals surface area contributed by atoms with Gasteiger partial charge in [-0.25, -0.2) is 0 Å². The standard InChI is InChI=1S/C5H13ISi/c1-2-7-5-3-4-6/h2-5,7H2,1H3. The predicted molar refractivity (Wildman–Crippen MR) is 47.3 cm³/mol. The second-order valence-electron chi connectivity index (χ2n) is 1.75. The fourth-order valence-electron chi connectivity index (χ4n) is 0.521. The summed E-state index contributed by atoms with van der Waals surface area (Å²) in [5.74, 6) is 0. The molecule has 7 heavy (non-hydrogen) atoms. The minimum absolute atomic E-state index is 0.406. The van der Waals surface area contributed by atoms with Gasteiger partial charge in [-0.1, -0.05) is 41.6 Å². The zero-order chi connectivity index (χ0) is 5.54. The molecule has 0 unspecified atom stereocenters. The molecule has 0 saturated heterocycles. The Kier molecular flexibility index (Phi) is 7.89. The van der Waals surface area contributed by atoms with Crippen molar-refractivity contribution >= 4 is 32.1 Å². The lowest BCUT2D eigenvalue weighted by molar-refractivity contribution is 1.10. The van der Waals surface area contributed by atoms with Gasteiger partial charge in [-0.05, 0) is 10.8 Å². The van der Waals surface area contributed by atoms with Crippen LogP contribution in [0.5, 0.6) is 0 Å². The third-order valence-corrected chi connectivity index (χ3v) is 3.46.